The molecule has 0 radical (unpaired) electrons. The third-order valence-electron chi connectivity index (χ3n) is 7.91. The van der Waals surface area contributed by atoms with Gasteiger partial charge in [0.2, 0.25) is 0 Å². The summed E-state index contributed by atoms with van der Waals surface area (Å²) >= 11 is 0. The number of hydrogen-bond acceptors (Lipinski definition) is 8. The maximum absolute atomic E-state index is 4.11. The number of H-pyrrole nitrogens is 8. The molecule has 8 N–H and O–H groups in total. The molecule has 0 bridgehead atoms. The van der Waals surface area contributed by atoms with Gasteiger partial charge >= 0.3 is 17.1 Å². The third kappa shape index (κ3) is 4.43. The fourth-order valence-electron chi connectivity index (χ4n) is 6.07. The van der Waals surface area contributed by atoms with Crippen molar-refractivity contribution < 1.29 is 17.1 Å². The zero-order valence-corrected chi connectivity index (χ0v) is 23.4. The van der Waals surface area contributed by atoms with Crippen molar-refractivity contribution in [3.63, 3.8) is 0 Å². The van der Waals surface area contributed by atoms with Crippen LogP contribution < -0.4 is 44.7 Å². The Morgan fingerprint density at radius 1 is 0.279 bits per heavy atom. The quantitative estimate of drug-likeness (QED) is 0.0783. The van der Waals surface area contributed by atoms with Crippen LogP contribution in [0.4, 0.5) is 0 Å². The van der Waals surface area contributed by atoms with Crippen LogP contribution in [0.3, 0.4) is 0 Å². The van der Waals surface area contributed by atoms with E-state index in [-0.39, 0.29) is 17.1 Å². The molecule has 0 amide bonds. The van der Waals surface area contributed by atoms with Crippen molar-refractivity contribution in [3.8, 4) is 0 Å². The Hall–Kier alpha value is -5.67. The average molecular weight is 614 g/mol. The first-order valence-electron chi connectivity index (χ1n) is 13.1. The minimum absolute atomic E-state index is 0. The fraction of sp³-hybridized carbons (Fsp3) is 0. The summed E-state index contributed by atoms with van der Waals surface area (Å²) < 4.78 is 0. The molecular formula is C24H24B2FeN16. The first kappa shape index (κ1) is 27.5. The zero-order valence-electron chi connectivity index (χ0n) is 22.3. The monoisotopic (exact) mass is 614 g/mol. The van der Waals surface area contributed by atoms with E-state index in [4.69, 9.17) is 0 Å². The van der Waals surface area contributed by atoms with Gasteiger partial charge in [0.1, 0.15) is 0 Å². The van der Waals surface area contributed by atoms with Crippen LogP contribution in [0.2, 0.25) is 0 Å². The van der Waals surface area contributed by atoms with Gasteiger partial charge in [0.25, 0.3) is 0 Å². The Bertz CT molecular complexity index is 1430. The van der Waals surface area contributed by atoms with Crippen LogP contribution in [-0.4, -0.2) is 93.9 Å². The molecule has 8 aromatic rings. The Kier molecular flexibility index (Phi) is 7.46. The van der Waals surface area contributed by atoms with E-state index in [1.165, 1.54) is 0 Å². The molecule has 43 heavy (non-hydrogen) atoms. The number of nitrogens with zero attached hydrogens (tertiary/aromatic N) is 8. The van der Waals surface area contributed by atoms with Crippen molar-refractivity contribution in [2.45, 2.75) is 0 Å². The van der Waals surface area contributed by atoms with Gasteiger partial charge < -0.3 is 40.8 Å². The van der Waals surface area contributed by atoms with Crippen LogP contribution in [0.1, 0.15) is 0 Å². The molecule has 0 aliphatic rings. The molecule has 0 fully saturated rings. The Balaban J connectivity index is 0.000000150. The smallest absolute Gasteiger partial charge is 0.320 e. The van der Waals surface area contributed by atoms with Crippen molar-refractivity contribution in [2.24, 2.45) is 0 Å². The van der Waals surface area contributed by atoms with Crippen LogP contribution in [0, 0.1) is 0 Å². The maximum Gasteiger partial charge on any atom is 2.00 e. The van der Waals surface area contributed by atoms with Crippen molar-refractivity contribution >= 4 is 57.0 Å². The average Bonchev–Trinajstić information content (AvgIpc) is 3.91. The normalized spacial score (nSPS) is 11.5. The Labute approximate surface area is 253 Å². The molecule has 0 aromatic carbocycles. The summed E-state index contributed by atoms with van der Waals surface area (Å²) in [6.45, 7) is 0. The predicted octanol–water partition coefficient (Wildman–Crippen LogP) is -4.09. The van der Waals surface area contributed by atoms with E-state index in [0.717, 1.165) is 44.7 Å². The second-order valence-electron chi connectivity index (χ2n) is 9.83. The summed E-state index contributed by atoms with van der Waals surface area (Å²) in [4.78, 5) is 0. The predicted molar refractivity (Wildman–Crippen MR) is 157 cm³/mol. The molecule has 8 heterocycles. The molecule has 16 nitrogen and oxygen atoms in total. The van der Waals surface area contributed by atoms with Gasteiger partial charge in [-0.05, 0) is 0 Å². The molecule has 8 aromatic heterocycles. The van der Waals surface area contributed by atoms with Crippen molar-refractivity contribution in [2.75, 3.05) is 0 Å². The second-order valence-corrected chi connectivity index (χ2v) is 9.83. The number of aromatic nitrogens is 16. The molecule has 0 aliphatic heterocycles. The van der Waals surface area contributed by atoms with Gasteiger partial charge in [0.05, 0.1) is 0 Å². The summed E-state index contributed by atoms with van der Waals surface area (Å²) in [6.07, 6.45) is 10.8. The van der Waals surface area contributed by atoms with Crippen LogP contribution >= 0.6 is 0 Å². The first-order chi connectivity index (χ1) is 20.8. The maximum atomic E-state index is 4.11. The summed E-state index contributed by atoms with van der Waals surface area (Å²) in [6, 6.07) is 15.6. The molecule has 19 heteroatoms. The Morgan fingerprint density at radius 3 is 0.512 bits per heavy atom. The largest absolute Gasteiger partial charge is 2.00 e. The minimum Gasteiger partial charge on any atom is -0.320 e. The zero-order chi connectivity index (χ0) is 28.2. The standard InChI is InChI=1S/2C12H12BN8.Fe/c2*1-5-14-18-9(1)13(10-2-6-15-19-10,11-3-7-16-20-11)12-4-8-17-21-12;/h2*1-8H,(H,14,18)(H,15,19)(H,16,20)(H,17,21);/q2*-1;+2. The van der Waals surface area contributed by atoms with E-state index in [2.05, 4.69) is 81.6 Å². The van der Waals surface area contributed by atoms with E-state index >= 15 is 0 Å². The molecule has 214 valence electrons. The summed E-state index contributed by atoms with van der Waals surface area (Å²) in [5.41, 5.74) is 7.50. The van der Waals surface area contributed by atoms with Gasteiger partial charge in [-0.3, -0.25) is 0 Å². The molecule has 0 aliphatic carbocycles. The van der Waals surface area contributed by atoms with E-state index in [0.29, 0.717) is 0 Å². The van der Waals surface area contributed by atoms with E-state index in [9.17, 15) is 0 Å². The van der Waals surface area contributed by atoms with Crippen LogP contribution in [0.15, 0.2) is 98.1 Å². The van der Waals surface area contributed by atoms with Crippen molar-refractivity contribution in [1.29, 1.82) is 0 Å². The molecule has 0 unspecified atom stereocenters. The minimum atomic E-state index is -1.53. The van der Waals surface area contributed by atoms with Gasteiger partial charge in [-0.15, -0.1) is 44.7 Å². The topological polar surface area (TPSA) is 229 Å². The molecule has 0 saturated carbocycles. The van der Waals surface area contributed by atoms with E-state index in [1.54, 1.807) is 49.6 Å². The number of aromatic amines is 8. The Morgan fingerprint density at radius 2 is 0.419 bits per heavy atom. The fourth-order valence-corrected chi connectivity index (χ4v) is 6.07. The van der Waals surface area contributed by atoms with Gasteiger partial charge in [0, 0.05) is 49.6 Å². The van der Waals surface area contributed by atoms with Crippen molar-refractivity contribution in [3.05, 3.63) is 98.1 Å². The summed E-state index contributed by atoms with van der Waals surface area (Å²) in [5.74, 6) is 0. The second kappa shape index (κ2) is 11.7. The van der Waals surface area contributed by atoms with E-state index in [1.807, 2.05) is 48.5 Å². The van der Waals surface area contributed by atoms with Gasteiger partial charge in [-0.25, -0.2) is 0 Å². The molecule has 0 saturated heterocycles. The molecule has 0 spiro atoms. The first-order valence-corrected chi connectivity index (χ1v) is 13.1. The van der Waals surface area contributed by atoms with Gasteiger partial charge in [-0.2, -0.15) is 40.8 Å². The van der Waals surface area contributed by atoms with Crippen LogP contribution in [0.25, 0.3) is 0 Å². The molecule has 8 rings (SSSR count). The number of rotatable bonds is 8. The number of nitrogens with one attached hydrogen (secondary N) is 8. The summed E-state index contributed by atoms with van der Waals surface area (Å²) in [5, 5.41) is 57.5. The molecule has 0 atom stereocenters. The van der Waals surface area contributed by atoms with Crippen LogP contribution in [0.5, 0.6) is 0 Å². The third-order valence-corrected chi connectivity index (χ3v) is 7.91. The summed E-state index contributed by atoms with van der Waals surface area (Å²) in [7, 11) is 0. The molecular weight excluding hydrogens is 590 g/mol. The van der Waals surface area contributed by atoms with Gasteiger partial charge in [0.15, 0.2) is 12.3 Å². The van der Waals surface area contributed by atoms with Crippen LogP contribution in [-0.2, 0) is 17.1 Å². The van der Waals surface area contributed by atoms with Gasteiger partial charge in [-0.1, -0.05) is 48.5 Å². The SMILES string of the molecule is [Fe+2].c1cc([B-](c2ccn[nH]2)(c2ccn[nH]2)c2ccn[nH]2)[nH]n1.c1cc([B-](c2ccn[nH]2)(c2ccn[nH]2)c2ccn[nH]2)[nH]n1. The van der Waals surface area contributed by atoms with Crippen molar-refractivity contribution in [1.82, 2.24) is 81.6 Å². The number of hydrogen-bond donors (Lipinski definition) is 8. The van der Waals surface area contributed by atoms with E-state index < -0.39 is 12.3 Å².